The molecule has 1 unspecified atom stereocenters. The lowest BCUT2D eigenvalue weighted by atomic mass is 9.96. The molecule has 0 spiro atoms. The monoisotopic (exact) mass is 281 g/mol. The second-order valence-corrected chi connectivity index (χ2v) is 5.88. The molecule has 0 saturated heterocycles. The maximum absolute atomic E-state index is 4.44. The molecule has 1 aliphatic carbocycles. The van der Waals surface area contributed by atoms with Crippen LogP contribution in [0.2, 0.25) is 0 Å². The molecule has 3 heteroatoms. The van der Waals surface area contributed by atoms with Crippen molar-refractivity contribution in [3.8, 4) is 0 Å². The van der Waals surface area contributed by atoms with E-state index in [4.69, 9.17) is 0 Å². The summed E-state index contributed by atoms with van der Waals surface area (Å²) in [5.41, 5.74) is 4.00. The fourth-order valence-electron chi connectivity index (χ4n) is 3.03. The van der Waals surface area contributed by atoms with Crippen LogP contribution in [0, 0.1) is 0 Å². The predicted molar refractivity (Wildman–Crippen MR) is 86.6 cm³/mol. The van der Waals surface area contributed by atoms with Gasteiger partial charge in [0.15, 0.2) is 0 Å². The van der Waals surface area contributed by atoms with E-state index < -0.39 is 0 Å². The van der Waals surface area contributed by atoms with Crippen LogP contribution in [0.3, 0.4) is 0 Å². The van der Waals surface area contributed by atoms with Crippen LogP contribution in [0.5, 0.6) is 0 Å². The van der Waals surface area contributed by atoms with Gasteiger partial charge in [-0.15, -0.1) is 0 Å². The summed E-state index contributed by atoms with van der Waals surface area (Å²) in [5.74, 6) is 1.62. The first-order valence-electron chi connectivity index (χ1n) is 7.96. The Labute approximate surface area is 126 Å². The third-order valence-electron chi connectivity index (χ3n) is 4.36. The fraction of sp³-hybridized carbons (Fsp3) is 0.444. The second-order valence-electron chi connectivity index (χ2n) is 5.88. The van der Waals surface area contributed by atoms with Gasteiger partial charge in [-0.2, -0.15) is 0 Å². The Balaban J connectivity index is 1.59. The number of aromatic nitrogens is 2. The van der Waals surface area contributed by atoms with Crippen molar-refractivity contribution in [1.29, 1.82) is 0 Å². The van der Waals surface area contributed by atoms with Gasteiger partial charge in [-0.05, 0) is 43.6 Å². The average molecular weight is 281 g/mol. The highest BCUT2D eigenvalue weighted by Crippen LogP contribution is 2.25. The Bertz CT molecular complexity index is 580. The second kappa shape index (κ2) is 6.70. The maximum atomic E-state index is 4.44. The number of nitrogens with zero attached hydrogens (tertiary/aromatic N) is 2. The summed E-state index contributed by atoms with van der Waals surface area (Å²) in [7, 11) is 0. The molecule has 1 N–H and O–H groups in total. The van der Waals surface area contributed by atoms with Crippen LogP contribution in [0.1, 0.15) is 48.9 Å². The molecule has 0 radical (unpaired) electrons. The van der Waals surface area contributed by atoms with Crippen molar-refractivity contribution < 1.29 is 0 Å². The van der Waals surface area contributed by atoms with Gasteiger partial charge in [0.1, 0.15) is 12.1 Å². The number of hydrogen-bond donors (Lipinski definition) is 1. The highest BCUT2D eigenvalue weighted by atomic mass is 15.0. The Morgan fingerprint density at radius 2 is 1.90 bits per heavy atom. The quantitative estimate of drug-likeness (QED) is 0.901. The van der Waals surface area contributed by atoms with Gasteiger partial charge in [-0.1, -0.05) is 37.3 Å². The first-order valence-corrected chi connectivity index (χ1v) is 7.96. The van der Waals surface area contributed by atoms with Gasteiger partial charge < -0.3 is 5.32 Å². The van der Waals surface area contributed by atoms with Crippen LogP contribution < -0.4 is 5.32 Å². The van der Waals surface area contributed by atoms with Gasteiger partial charge in [0.05, 0.1) is 0 Å². The Morgan fingerprint density at radius 1 is 1.10 bits per heavy atom. The van der Waals surface area contributed by atoms with Gasteiger partial charge in [0, 0.05) is 17.8 Å². The van der Waals surface area contributed by atoms with Gasteiger partial charge in [-0.25, -0.2) is 9.97 Å². The maximum Gasteiger partial charge on any atom is 0.132 e. The zero-order valence-corrected chi connectivity index (χ0v) is 12.7. The van der Waals surface area contributed by atoms with E-state index in [2.05, 4.69) is 52.5 Å². The van der Waals surface area contributed by atoms with E-state index in [-0.39, 0.29) is 0 Å². The largest absolute Gasteiger partial charge is 0.370 e. The van der Waals surface area contributed by atoms with Crippen LogP contribution >= 0.6 is 0 Å². The van der Waals surface area contributed by atoms with Crippen molar-refractivity contribution in [2.75, 3.05) is 11.9 Å². The van der Waals surface area contributed by atoms with Crippen molar-refractivity contribution in [2.24, 2.45) is 0 Å². The Morgan fingerprint density at radius 3 is 2.76 bits per heavy atom. The molecular formula is C18H23N3. The van der Waals surface area contributed by atoms with E-state index in [9.17, 15) is 0 Å². The van der Waals surface area contributed by atoms with E-state index in [0.717, 1.165) is 31.6 Å². The summed E-state index contributed by atoms with van der Waals surface area (Å²) in [5, 5.41) is 3.52. The molecule has 0 aliphatic heterocycles. The topological polar surface area (TPSA) is 37.8 Å². The predicted octanol–water partition coefficient (Wildman–Crippen LogP) is 3.96. The SMILES string of the molecule is CC(CCNc1ncnc2c1CCCC2)c1ccccc1. The van der Waals surface area contributed by atoms with Crippen LogP contribution in [0.4, 0.5) is 5.82 Å². The number of rotatable bonds is 5. The minimum atomic E-state index is 0.566. The van der Waals surface area contributed by atoms with Crippen molar-refractivity contribution >= 4 is 5.82 Å². The van der Waals surface area contributed by atoms with Crippen LogP contribution in [0.25, 0.3) is 0 Å². The third kappa shape index (κ3) is 3.41. The van der Waals surface area contributed by atoms with E-state index in [1.165, 1.54) is 29.7 Å². The smallest absolute Gasteiger partial charge is 0.132 e. The van der Waals surface area contributed by atoms with Crippen molar-refractivity contribution in [2.45, 2.75) is 44.9 Å². The standard InChI is InChI=1S/C18H23N3/c1-14(15-7-3-2-4-8-15)11-12-19-18-16-9-5-6-10-17(16)20-13-21-18/h2-4,7-8,13-14H,5-6,9-12H2,1H3,(H,19,20,21). The summed E-state index contributed by atoms with van der Waals surface area (Å²) in [6.45, 7) is 3.24. The lowest BCUT2D eigenvalue weighted by Crippen LogP contribution is -2.13. The van der Waals surface area contributed by atoms with Gasteiger partial charge in [0.25, 0.3) is 0 Å². The van der Waals surface area contributed by atoms with Crippen molar-refractivity contribution in [1.82, 2.24) is 9.97 Å². The molecule has 3 rings (SSSR count). The molecule has 0 fully saturated rings. The van der Waals surface area contributed by atoms with Crippen molar-refractivity contribution in [3.05, 3.63) is 53.5 Å². The van der Waals surface area contributed by atoms with Crippen LogP contribution in [0.15, 0.2) is 36.7 Å². The van der Waals surface area contributed by atoms with Crippen molar-refractivity contribution in [3.63, 3.8) is 0 Å². The molecule has 1 atom stereocenters. The zero-order valence-electron chi connectivity index (χ0n) is 12.7. The molecule has 1 aromatic heterocycles. The molecule has 3 nitrogen and oxygen atoms in total. The Kier molecular flexibility index (Phi) is 4.49. The number of anilines is 1. The highest BCUT2D eigenvalue weighted by Gasteiger charge is 2.15. The number of benzene rings is 1. The zero-order chi connectivity index (χ0) is 14.5. The summed E-state index contributed by atoms with van der Waals surface area (Å²) in [4.78, 5) is 8.86. The molecule has 2 aromatic rings. The normalized spacial score (nSPS) is 15.3. The molecule has 0 bridgehead atoms. The van der Waals surface area contributed by atoms with E-state index in [0.29, 0.717) is 5.92 Å². The number of hydrogen-bond acceptors (Lipinski definition) is 3. The lowest BCUT2D eigenvalue weighted by Gasteiger charge is -2.19. The van der Waals surface area contributed by atoms with E-state index in [1.54, 1.807) is 6.33 Å². The van der Waals surface area contributed by atoms with E-state index in [1.807, 2.05) is 0 Å². The lowest BCUT2D eigenvalue weighted by molar-refractivity contribution is 0.660. The summed E-state index contributed by atoms with van der Waals surface area (Å²) in [6.07, 6.45) is 7.56. The number of fused-ring (bicyclic) bond motifs is 1. The number of aryl methyl sites for hydroxylation is 1. The van der Waals surface area contributed by atoms with Crippen LogP contribution in [-0.4, -0.2) is 16.5 Å². The Hall–Kier alpha value is -1.90. The first-order chi connectivity index (χ1) is 10.3. The van der Waals surface area contributed by atoms with Gasteiger partial charge in [0.2, 0.25) is 0 Å². The first kappa shape index (κ1) is 14.1. The summed E-state index contributed by atoms with van der Waals surface area (Å²) >= 11 is 0. The fourth-order valence-corrected chi connectivity index (χ4v) is 3.03. The van der Waals surface area contributed by atoms with E-state index >= 15 is 0 Å². The molecule has 21 heavy (non-hydrogen) atoms. The highest BCUT2D eigenvalue weighted by molar-refractivity contribution is 5.46. The summed E-state index contributed by atoms with van der Waals surface area (Å²) in [6, 6.07) is 10.7. The van der Waals surface area contributed by atoms with Crippen LogP contribution in [-0.2, 0) is 12.8 Å². The van der Waals surface area contributed by atoms with Gasteiger partial charge in [-0.3, -0.25) is 0 Å². The average Bonchev–Trinajstić information content (AvgIpc) is 2.56. The summed E-state index contributed by atoms with van der Waals surface area (Å²) < 4.78 is 0. The molecule has 1 aliphatic rings. The number of nitrogens with one attached hydrogen (secondary N) is 1. The molecule has 0 amide bonds. The molecule has 110 valence electrons. The van der Waals surface area contributed by atoms with Gasteiger partial charge >= 0.3 is 0 Å². The minimum absolute atomic E-state index is 0.566. The molecule has 1 heterocycles. The minimum Gasteiger partial charge on any atom is -0.370 e. The molecule has 0 saturated carbocycles. The molecular weight excluding hydrogens is 258 g/mol. The molecule has 1 aromatic carbocycles. The third-order valence-corrected chi connectivity index (χ3v) is 4.36.